The summed E-state index contributed by atoms with van der Waals surface area (Å²) in [4.78, 5) is 23.8. The maximum Gasteiger partial charge on any atom is 0.159 e. The molecule has 0 heterocycles. The van der Waals surface area contributed by atoms with Crippen LogP contribution in [0.5, 0.6) is 0 Å². The van der Waals surface area contributed by atoms with Gasteiger partial charge >= 0.3 is 0 Å². The summed E-state index contributed by atoms with van der Waals surface area (Å²) in [6.07, 6.45) is 11.3. The molecule has 0 bridgehead atoms. The molecule has 0 radical (unpaired) electrons. The first kappa shape index (κ1) is 19.8. The van der Waals surface area contributed by atoms with Crippen molar-refractivity contribution in [1.82, 2.24) is 0 Å². The van der Waals surface area contributed by atoms with Crippen molar-refractivity contribution in [2.24, 2.45) is 35.0 Å². The Balaban J connectivity index is 1.51. The molecule has 0 unspecified atom stereocenters. The predicted octanol–water partition coefficient (Wildman–Crippen LogP) is 6.00. The predicted molar refractivity (Wildman–Crippen MR) is 119 cm³/mol. The van der Waals surface area contributed by atoms with E-state index in [9.17, 15) is 9.59 Å². The second-order valence-corrected chi connectivity index (χ2v) is 10.5. The van der Waals surface area contributed by atoms with Gasteiger partial charge in [0.15, 0.2) is 11.6 Å². The summed E-state index contributed by atoms with van der Waals surface area (Å²) in [6.45, 7) is 4.13. The average Bonchev–Trinajstić information content (AvgIpc) is 3.13. The normalized spacial score (nSPS) is 37.2. The van der Waals surface area contributed by atoms with Crippen molar-refractivity contribution < 1.29 is 9.59 Å². The monoisotopic (exact) mass is 400 g/mol. The molecule has 0 saturated heterocycles. The van der Waals surface area contributed by atoms with Crippen LogP contribution in [0.4, 0.5) is 0 Å². The van der Waals surface area contributed by atoms with Crippen molar-refractivity contribution in [3.05, 3.63) is 47.0 Å². The second-order valence-electron chi connectivity index (χ2n) is 10.5. The highest BCUT2D eigenvalue weighted by Crippen LogP contribution is 2.63. The molecule has 4 aliphatic carbocycles. The van der Waals surface area contributed by atoms with Gasteiger partial charge in [-0.25, -0.2) is 0 Å². The minimum atomic E-state index is 0.0895. The third kappa shape index (κ3) is 3.37. The van der Waals surface area contributed by atoms with Gasteiger partial charge in [0.1, 0.15) is 0 Å². The maximum absolute atomic E-state index is 12.1. The number of rotatable bonds is 1. The van der Waals surface area contributed by atoms with Crippen LogP contribution in [0.1, 0.15) is 81.1 Å². The van der Waals surface area contributed by atoms with Gasteiger partial charge in [0, 0.05) is 23.5 Å². The topological polar surface area (TPSA) is 34.1 Å². The molecule has 2 nitrogen and oxygen atoms in total. The lowest BCUT2D eigenvalue weighted by atomic mass is 9.49. The van der Waals surface area contributed by atoms with E-state index in [1.54, 1.807) is 6.92 Å². The molecule has 6 atom stereocenters. The molecule has 1 aromatic rings. The summed E-state index contributed by atoms with van der Waals surface area (Å²) < 4.78 is 0. The summed E-state index contributed by atoms with van der Waals surface area (Å²) in [7, 11) is 0. The fourth-order valence-electron chi connectivity index (χ4n) is 7.46. The van der Waals surface area contributed by atoms with E-state index in [4.69, 9.17) is 0 Å². The Morgan fingerprint density at radius 2 is 2.03 bits per heavy atom. The van der Waals surface area contributed by atoms with Crippen LogP contribution in [0.15, 0.2) is 35.9 Å². The lowest BCUT2D eigenvalue weighted by Gasteiger charge is -2.55. The molecule has 2 heteroatoms. The molecule has 156 valence electrons. The Hall–Kier alpha value is -2.14. The lowest BCUT2D eigenvalue weighted by molar-refractivity contribution is -0.116. The molecule has 0 spiro atoms. The van der Waals surface area contributed by atoms with E-state index in [2.05, 4.69) is 18.8 Å². The highest BCUT2D eigenvalue weighted by Gasteiger charge is 2.55. The number of hydrogen-bond acceptors (Lipinski definition) is 2. The molecule has 0 amide bonds. The van der Waals surface area contributed by atoms with Crippen molar-refractivity contribution >= 4 is 11.6 Å². The maximum atomic E-state index is 12.1. The van der Waals surface area contributed by atoms with Gasteiger partial charge in [-0.1, -0.05) is 42.9 Å². The van der Waals surface area contributed by atoms with Crippen molar-refractivity contribution in [2.45, 2.75) is 65.2 Å². The average molecular weight is 401 g/mol. The Morgan fingerprint density at radius 1 is 1.17 bits per heavy atom. The van der Waals surface area contributed by atoms with Crippen LogP contribution in [0, 0.1) is 46.8 Å². The molecule has 0 aliphatic heterocycles. The van der Waals surface area contributed by atoms with Gasteiger partial charge < -0.3 is 0 Å². The van der Waals surface area contributed by atoms with Gasteiger partial charge in [-0.2, -0.15) is 0 Å². The summed E-state index contributed by atoms with van der Waals surface area (Å²) in [5, 5.41) is 0. The molecule has 3 fully saturated rings. The van der Waals surface area contributed by atoms with Crippen LogP contribution >= 0.6 is 0 Å². The van der Waals surface area contributed by atoms with Crippen LogP contribution in [0.25, 0.3) is 0 Å². The van der Waals surface area contributed by atoms with E-state index in [0.29, 0.717) is 35.4 Å². The van der Waals surface area contributed by atoms with Gasteiger partial charge in [0.05, 0.1) is 0 Å². The minimum Gasteiger partial charge on any atom is -0.295 e. The molecule has 3 saturated carbocycles. The fourth-order valence-corrected chi connectivity index (χ4v) is 7.46. The Morgan fingerprint density at radius 3 is 2.87 bits per heavy atom. The van der Waals surface area contributed by atoms with E-state index in [1.165, 1.54) is 37.7 Å². The SMILES string of the molecule is CC(=O)c1cccc(C#C[C@H]2C[C@]3(C)CCC[C@H]3[C@@H]3CCC4=CC(=O)CC[C@@H]4[C@H]32)c1. The summed E-state index contributed by atoms with van der Waals surface area (Å²) in [5.74, 6) is 10.7. The number of carbonyl (C=O) groups excluding carboxylic acids is 2. The molecule has 0 N–H and O–H groups in total. The molecular formula is C28H32O2. The number of fused-ring (bicyclic) bond motifs is 5. The Kier molecular flexibility index (Phi) is 4.97. The highest BCUT2D eigenvalue weighted by molar-refractivity contribution is 5.94. The zero-order valence-corrected chi connectivity index (χ0v) is 18.2. The van der Waals surface area contributed by atoms with Gasteiger partial charge in [0.25, 0.3) is 0 Å². The minimum absolute atomic E-state index is 0.0895. The van der Waals surface area contributed by atoms with Gasteiger partial charge in [-0.15, -0.1) is 0 Å². The van der Waals surface area contributed by atoms with E-state index >= 15 is 0 Å². The highest BCUT2D eigenvalue weighted by atomic mass is 16.1. The van der Waals surface area contributed by atoms with Gasteiger partial charge in [-0.05, 0) is 92.7 Å². The van der Waals surface area contributed by atoms with E-state index in [1.807, 2.05) is 30.3 Å². The number of Topliss-reactive ketones (excluding diaryl/α,β-unsaturated/α-hetero) is 1. The Bertz CT molecular complexity index is 974. The molecule has 0 aromatic heterocycles. The van der Waals surface area contributed by atoms with Crippen molar-refractivity contribution in [3.8, 4) is 11.8 Å². The van der Waals surface area contributed by atoms with Crippen molar-refractivity contribution in [2.75, 3.05) is 0 Å². The first-order valence-electron chi connectivity index (χ1n) is 11.8. The Labute approximate surface area is 180 Å². The molecule has 5 rings (SSSR count). The summed E-state index contributed by atoms with van der Waals surface area (Å²) >= 11 is 0. The third-order valence-electron chi connectivity index (χ3n) is 8.75. The van der Waals surface area contributed by atoms with Crippen LogP contribution in [-0.4, -0.2) is 11.6 Å². The first-order valence-corrected chi connectivity index (χ1v) is 11.8. The zero-order chi connectivity index (χ0) is 20.9. The quantitative estimate of drug-likeness (QED) is 0.428. The number of ketones is 2. The summed E-state index contributed by atoms with van der Waals surface area (Å²) in [6, 6.07) is 7.75. The fraction of sp³-hybridized carbons (Fsp3) is 0.571. The van der Waals surface area contributed by atoms with Crippen molar-refractivity contribution in [3.63, 3.8) is 0 Å². The number of hydrogen-bond donors (Lipinski definition) is 0. The summed E-state index contributed by atoms with van der Waals surface area (Å²) in [5.41, 5.74) is 3.52. The van der Waals surface area contributed by atoms with E-state index < -0.39 is 0 Å². The largest absolute Gasteiger partial charge is 0.295 e. The standard InChI is InChI=1S/C28H32O2/c1-18(29)20-6-3-5-19(15-20)8-9-22-17-28(2)14-4-7-26(28)25-12-10-21-16-23(30)11-13-24(21)27(22)25/h3,5-6,15-16,22,24-27H,4,7,10-14,17H2,1-2H3/t22-,24-,25-,26-,27+,28-/m0/s1. The third-order valence-corrected chi connectivity index (χ3v) is 8.75. The van der Waals surface area contributed by atoms with E-state index in [-0.39, 0.29) is 5.78 Å². The van der Waals surface area contributed by atoms with Crippen LogP contribution < -0.4 is 0 Å². The molecule has 30 heavy (non-hydrogen) atoms. The number of benzene rings is 1. The zero-order valence-electron chi connectivity index (χ0n) is 18.2. The van der Waals surface area contributed by atoms with Gasteiger partial charge in [0.2, 0.25) is 0 Å². The van der Waals surface area contributed by atoms with Crippen LogP contribution in [-0.2, 0) is 4.79 Å². The lowest BCUT2D eigenvalue weighted by Crippen LogP contribution is -2.48. The van der Waals surface area contributed by atoms with Gasteiger partial charge in [-0.3, -0.25) is 9.59 Å². The molecule has 1 aromatic carbocycles. The molecular weight excluding hydrogens is 368 g/mol. The first-order chi connectivity index (χ1) is 14.4. The molecule has 4 aliphatic rings. The van der Waals surface area contributed by atoms with Crippen molar-refractivity contribution in [1.29, 1.82) is 0 Å². The smallest absolute Gasteiger partial charge is 0.159 e. The number of carbonyl (C=O) groups is 2. The number of allylic oxidation sites excluding steroid dienone is 1. The van der Waals surface area contributed by atoms with Crippen LogP contribution in [0.2, 0.25) is 0 Å². The van der Waals surface area contributed by atoms with E-state index in [0.717, 1.165) is 35.8 Å². The second kappa shape index (κ2) is 7.52. The van der Waals surface area contributed by atoms with Crippen LogP contribution in [0.3, 0.4) is 0 Å².